The monoisotopic (exact) mass is 246 g/mol. The van der Waals surface area contributed by atoms with Gasteiger partial charge in [-0.3, -0.25) is 4.79 Å². The number of carboxylic acids is 1. The third kappa shape index (κ3) is 7.70. The molecule has 0 aliphatic carbocycles. The Balaban J connectivity index is 3.93. The lowest BCUT2D eigenvalue weighted by atomic mass is 10.0. The van der Waals surface area contributed by atoms with E-state index >= 15 is 0 Å². The molecule has 0 aromatic heterocycles. The first-order valence-corrected chi connectivity index (χ1v) is 5.84. The van der Waals surface area contributed by atoms with Gasteiger partial charge in [0.1, 0.15) is 6.04 Å². The second-order valence-corrected chi connectivity index (χ2v) is 4.19. The number of carbonyl (C=O) groups excluding carboxylic acids is 1. The highest BCUT2D eigenvalue weighted by Gasteiger charge is 2.19. The van der Waals surface area contributed by atoms with E-state index in [4.69, 9.17) is 15.9 Å². The van der Waals surface area contributed by atoms with Crippen LogP contribution in [0.2, 0.25) is 0 Å². The van der Waals surface area contributed by atoms with E-state index in [1.807, 2.05) is 6.92 Å². The molecular weight excluding hydrogens is 224 g/mol. The molecule has 0 aromatic carbocycles. The van der Waals surface area contributed by atoms with Gasteiger partial charge < -0.3 is 21.3 Å². The van der Waals surface area contributed by atoms with E-state index in [9.17, 15) is 9.59 Å². The third-order valence-corrected chi connectivity index (χ3v) is 2.57. The van der Waals surface area contributed by atoms with Crippen molar-refractivity contribution in [3.8, 4) is 0 Å². The number of nitrogens with two attached hydrogens (primary N) is 1. The maximum absolute atomic E-state index is 11.5. The van der Waals surface area contributed by atoms with Crippen molar-refractivity contribution in [1.82, 2.24) is 5.32 Å². The van der Waals surface area contributed by atoms with Crippen molar-refractivity contribution in [2.75, 3.05) is 13.2 Å². The summed E-state index contributed by atoms with van der Waals surface area (Å²) in [4.78, 5) is 22.2. The number of amides is 1. The zero-order valence-corrected chi connectivity index (χ0v) is 10.2. The fourth-order valence-electron chi connectivity index (χ4n) is 1.46. The molecule has 1 amide bonds. The molecule has 6 nitrogen and oxygen atoms in total. The average Bonchev–Trinajstić information content (AvgIpc) is 2.26. The lowest BCUT2D eigenvalue weighted by molar-refractivity contribution is -0.142. The van der Waals surface area contributed by atoms with Crippen LogP contribution in [-0.2, 0) is 9.59 Å². The second-order valence-electron chi connectivity index (χ2n) is 4.19. The Hall–Kier alpha value is -1.14. The minimum Gasteiger partial charge on any atom is -0.480 e. The van der Waals surface area contributed by atoms with Gasteiger partial charge in [-0.2, -0.15) is 0 Å². The topological polar surface area (TPSA) is 113 Å². The molecule has 1 unspecified atom stereocenters. The molecule has 0 rings (SSSR count). The van der Waals surface area contributed by atoms with Gasteiger partial charge in [-0.25, -0.2) is 4.79 Å². The normalized spacial score (nSPS) is 14.1. The van der Waals surface area contributed by atoms with Gasteiger partial charge in [0, 0.05) is 19.4 Å². The largest absolute Gasteiger partial charge is 0.480 e. The zero-order chi connectivity index (χ0) is 13.3. The van der Waals surface area contributed by atoms with Crippen molar-refractivity contribution in [1.29, 1.82) is 0 Å². The van der Waals surface area contributed by atoms with E-state index < -0.39 is 12.0 Å². The van der Waals surface area contributed by atoms with Crippen molar-refractivity contribution in [2.45, 2.75) is 38.6 Å². The number of nitrogens with one attached hydrogen (secondary N) is 1. The van der Waals surface area contributed by atoms with E-state index in [0.29, 0.717) is 18.9 Å². The predicted octanol–water partition coefficient (Wildman–Crippen LogP) is -0.297. The third-order valence-electron chi connectivity index (χ3n) is 2.57. The number of aliphatic carboxylic acids is 1. The minimum absolute atomic E-state index is 0.0272. The van der Waals surface area contributed by atoms with Crippen LogP contribution >= 0.6 is 0 Å². The molecule has 0 saturated heterocycles. The quantitative estimate of drug-likeness (QED) is 0.446. The standard InChI is InChI=1S/C11H22N2O4/c1-8(4-6-12)2-3-10(15)13-9(5-7-14)11(16)17/h8-9,14H,2-7,12H2,1H3,(H,13,15)(H,16,17)/t8?,9-/m1/s1. The van der Waals surface area contributed by atoms with Gasteiger partial charge in [-0.15, -0.1) is 0 Å². The number of carbonyl (C=O) groups is 2. The van der Waals surface area contributed by atoms with Crippen LogP contribution in [0.3, 0.4) is 0 Å². The van der Waals surface area contributed by atoms with Crippen LogP contribution in [0.4, 0.5) is 0 Å². The Morgan fingerprint density at radius 1 is 1.29 bits per heavy atom. The highest BCUT2D eigenvalue weighted by molar-refractivity contribution is 5.83. The van der Waals surface area contributed by atoms with Crippen LogP contribution in [0.1, 0.15) is 32.6 Å². The van der Waals surface area contributed by atoms with Crippen LogP contribution in [-0.4, -0.2) is 41.3 Å². The summed E-state index contributed by atoms with van der Waals surface area (Å²) in [6.45, 7) is 2.33. The fraction of sp³-hybridized carbons (Fsp3) is 0.818. The summed E-state index contributed by atoms with van der Waals surface area (Å²) < 4.78 is 0. The number of aliphatic hydroxyl groups excluding tert-OH is 1. The van der Waals surface area contributed by atoms with Crippen LogP contribution in [0.5, 0.6) is 0 Å². The predicted molar refractivity (Wildman–Crippen MR) is 63.3 cm³/mol. The molecular formula is C11H22N2O4. The average molecular weight is 246 g/mol. The van der Waals surface area contributed by atoms with Gasteiger partial charge in [0.15, 0.2) is 0 Å². The smallest absolute Gasteiger partial charge is 0.326 e. The van der Waals surface area contributed by atoms with Gasteiger partial charge in [0.05, 0.1) is 0 Å². The fourth-order valence-corrected chi connectivity index (χ4v) is 1.46. The zero-order valence-electron chi connectivity index (χ0n) is 10.2. The summed E-state index contributed by atoms with van der Waals surface area (Å²) in [7, 11) is 0. The van der Waals surface area contributed by atoms with Gasteiger partial charge in [0.2, 0.25) is 5.91 Å². The molecule has 17 heavy (non-hydrogen) atoms. The van der Waals surface area contributed by atoms with Crippen LogP contribution in [0, 0.1) is 5.92 Å². The summed E-state index contributed by atoms with van der Waals surface area (Å²) in [6, 6.07) is -1.00. The summed E-state index contributed by atoms with van der Waals surface area (Å²) >= 11 is 0. The molecule has 0 aliphatic heterocycles. The van der Waals surface area contributed by atoms with E-state index in [-0.39, 0.29) is 25.4 Å². The van der Waals surface area contributed by atoms with Crippen molar-refractivity contribution < 1.29 is 19.8 Å². The van der Waals surface area contributed by atoms with Gasteiger partial charge in [-0.1, -0.05) is 6.92 Å². The van der Waals surface area contributed by atoms with Gasteiger partial charge in [0.25, 0.3) is 0 Å². The number of aliphatic hydroxyl groups is 1. The molecule has 0 aromatic rings. The van der Waals surface area contributed by atoms with Gasteiger partial charge in [-0.05, 0) is 25.3 Å². The molecule has 100 valence electrons. The Bertz CT molecular complexity index is 246. The molecule has 6 heteroatoms. The molecule has 0 heterocycles. The van der Waals surface area contributed by atoms with Crippen LogP contribution < -0.4 is 11.1 Å². The van der Waals surface area contributed by atoms with E-state index in [0.717, 1.165) is 6.42 Å². The Morgan fingerprint density at radius 3 is 2.41 bits per heavy atom. The van der Waals surface area contributed by atoms with Crippen LogP contribution in [0.25, 0.3) is 0 Å². The molecule has 2 atom stereocenters. The first-order valence-electron chi connectivity index (χ1n) is 5.84. The highest BCUT2D eigenvalue weighted by Crippen LogP contribution is 2.09. The lowest BCUT2D eigenvalue weighted by Gasteiger charge is -2.14. The Labute approximate surface area is 101 Å². The summed E-state index contributed by atoms with van der Waals surface area (Å²) in [6.07, 6.45) is 1.86. The Morgan fingerprint density at radius 2 is 1.94 bits per heavy atom. The number of rotatable bonds is 9. The van der Waals surface area contributed by atoms with Gasteiger partial charge >= 0.3 is 5.97 Å². The molecule has 0 radical (unpaired) electrons. The lowest BCUT2D eigenvalue weighted by Crippen LogP contribution is -2.41. The summed E-state index contributed by atoms with van der Waals surface area (Å²) in [5, 5.41) is 19.8. The van der Waals surface area contributed by atoms with E-state index in [2.05, 4.69) is 5.32 Å². The first kappa shape index (κ1) is 15.9. The summed E-state index contributed by atoms with van der Waals surface area (Å²) in [5.74, 6) is -1.07. The Kier molecular flexibility index (Phi) is 8.35. The van der Waals surface area contributed by atoms with Crippen molar-refractivity contribution in [2.24, 2.45) is 11.7 Å². The molecule has 0 aliphatic rings. The highest BCUT2D eigenvalue weighted by atomic mass is 16.4. The van der Waals surface area contributed by atoms with Crippen molar-refractivity contribution in [3.63, 3.8) is 0 Å². The molecule has 0 spiro atoms. The second kappa shape index (κ2) is 8.95. The molecule has 5 N–H and O–H groups in total. The molecule has 0 bridgehead atoms. The van der Waals surface area contributed by atoms with E-state index in [1.165, 1.54) is 0 Å². The number of hydrogen-bond donors (Lipinski definition) is 4. The van der Waals surface area contributed by atoms with Crippen LogP contribution in [0.15, 0.2) is 0 Å². The maximum atomic E-state index is 11.5. The number of carboxylic acid groups (broad SMARTS) is 1. The van der Waals surface area contributed by atoms with Crippen molar-refractivity contribution >= 4 is 11.9 Å². The SMILES string of the molecule is CC(CCN)CCC(=O)N[C@H](CCO)C(=O)O. The summed E-state index contributed by atoms with van der Waals surface area (Å²) in [5.41, 5.74) is 5.39. The van der Waals surface area contributed by atoms with Crippen molar-refractivity contribution in [3.05, 3.63) is 0 Å². The number of hydrogen-bond acceptors (Lipinski definition) is 4. The molecule has 0 saturated carbocycles. The molecule has 0 fully saturated rings. The van der Waals surface area contributed by atoms with E-state index in [1.54, 1.807) is 0 Å². The first-order chi connectivity index (χ1) is 8.01. The maximum Gasteiger partial charge on any atom is 0.326 e. The minimum atomic E-state index is -1.12.